The van der Waals surface area contributed by atoms with E-state index in [1.165, 1.54) is 7.11 Å². The first-order valence-electron chi connectivity index (χ1n) is 8.66. The van der Waals surface area contributed by atoms with Crippen LogP contribution in [-0.2, 0) is 19.1 Å². The van der Waals surface area contributed by atoms with Crippen LogP contribution in [0.5, 0.6) is 0 Å². The van der Waals surface area contributed by atoms with Crippen molar-refractivity contribution in [2.45, 2.75) is 46.3 Å². The molecule has 1 unspecified atom stereocenters. The van der Waals surface area contributed by atoms with Crippen molar-refractivity contribution >= 4 is 25.4 Å². The number of allylic oxidation sites excluding steroid dienone is 2. The first kappa shape index (κ1) is 20.0. The number of ether oxygens (including phenoxy) is 2. The highest BCUT2D eigenvalue weighted by molar-refractivity contribution is 6.87. The maximum absolute atomic E-state index is 12.6. The van der Waals surface area contributed by atoms with Crippen LogP contribution in [0.3, 0.4) is 0 Å². The molecule has 26 heavy (non-hydrogen) atoms. The molecule has 2 heterocycles. The van der Waals surface area contributed by atoms with Crippen LogP contribution < -0.4 is 10.7 Å². The SMILES string of the molecule is CCOC(=O)C1=C(C)NC(C)=C(C(=O)OC)C1c1ccc([Si](C)(C)C)o1. The van der Waals surface area contributed by atoms with Gasteiger partial charge in [0.15, 0.2) is 0 Å². The first-order valence-corrected chi connectivity index (χ1v) is 12.2. The van der Waals surface area contributed by atoms with E-state index >= 15 is 0 Å². The Morgan fingerprint density at radius 3 is 2.15 bits per heavy atom. The number of dihydropyridines is 1. The van der Waals surface area contributed by atoms with Crippen molar-refractivity contribution in [2.75, 3.05) is 13.7 Å². The number of hydrogen-bond acceptors (Lipinski definition) is 6. The quantitative estimate of drug-likeness (QED) is 0.628. The molecule has 1 aromatic rings. The fourth-order valence-electron chi connectivity index (χ4n) is 3.05. The van der Waals surface area contributed by atoms with Crippen molar-refractivity contribution in [3.63, 3.8) is 0 Å². The van der Waals surface area contributed by atoms with Crippen molar-refractivity contribution in [2.24, 2.45) is 0 Å². The molecular weight excluding hydrogens is 350 g/mol. The highest BCUT2D eigenvalue weighted by atomic mass is 28.3. The molecule has 0 spiro atoms. The van der Waals surface area contributed by atoms with Crippen LogP contribution in [0.15, 0.2) is 39.1 Å². The molecule has 1 aliphatic heterocycles. The standard InChI is InChI=1S/C19H27NO5Si/c1-8-24-19(22)16-12(3)20-11(2)15(18(21)23-4)17(16)13-9-10-14(25-13)26(5,6)7/h9-10,17,20H,8H2,1-7H3. The van der Waals surface area contributed by atoms with Crippen LogP contribution in [-0.4, -0.2) is 33.7 Å². The van der Waals surface area contributed by atoms with Gasteiger partial charge in [-0.2, -0.15) is 0 Å². The molecule has 0 aromatic carbocycles. The van der Waals surface area contributed by atoms with E-state index in [-0.39, 0.29) is 6.61 Å². The average Bonchev–Trinajstić information content (AvgIpc) is 3.03. The summed E-state index contributed by atoms with van der Waals surface area (Å²) in [5.41, 5.74) is 2.01. The average molecular weight is 378 g/mol. The Kier molecular flexibility index (Phi) is 5.80. The van der Waals surface area contributed by atoms with Gasteiger partial charge < -0.3 is 19.2 Å². The third-order valence-electron chi connectivity index (χ3n) is 4.31. The molecule has 1 aromatic heterocycles. The summed E-state index contributed by atoms with van der Waals surface area (Å²) in [4.78, 5) is 25.1. The van der Waals surface area contributed by atoms with Crippen molar-refractivity contribution < 1.29 is 23.5 Å². The summed E-state index contributed by atoms with van der Waals surface area (Å²) >= 11 is 0. The van der Waals surface area contributed by atoms with Gasteiger partial charge in [-0.1, -0.05) is 19.6 Å². The summed E-state index contributed by atoms with van der Waals surface area (Å²) in [5, 5.41) is 4.01. The predicted molar refractivity (Wildman–Crippen MR) is 102 cm³/mol. The van der Waals surface area contributed by atoms with E-state index in [2.05, 4.69) is 25.0 Å². The van der Waals surface area contributed by atoms with E-state index < -0.39 is 25.9 Å². The molecule has 0 fully saturated rings. The minimum Gasteiger partial charge on any atom is -0.470 e. The van der Waals surface area contributed by atoms with Gasteiger partial charge in [0.25, 0.3) is 0 Å². The molecule has 0 saturated carbocycles. The number of methoxy groups -OCH3 is 1. The minimum atomic E-state index is -1.68. The molecule has 0 radical (unpaired) electrons. The van der Waals surface area contributed by atoms with Crippen LogP contribution in [0.1, 0.15) is 32.4 Å². The molecule has 1 N–H and O–H groups in total. The lowest BCUT2D eigenvalue weighted by Gasteiger charge is -2.28. The minimum absolute atomic E-state index is 0.247. The smallest absolute Gasteiger partial charge is 0.336 e. The Labute approximate surface area is 155 Å². The largest absolute Gasteiger partial charge is 0.470 e. The van der Waals surface area contributed by atoms with Crippen molar-refractivity contribution in [3.8, 4) is 0 Å². The van der Waals surface area contributed by atoms with Crippen LogP contribution in [0.25, 0.3) is 0 Å². The molecule has 2 rings (SSSR count). The lowest BCUT2D eigenvalue weighted by atomic mass is 9.83. The van der Waals surface area contributed by atoms with Gasteiger partial charge in [0.2, 0.25) is 0 Å². The molecule has 6 nitrogen and oxygen atoms in total. The van der Waals surface area contributed by atoms with E-state index in [1.54, 1.807) is 20.8 Å². The second-order valence-corrected chi connectivity index (χ2v) is 12.3. The van der Waals surface area contributed by atoms with Crippen LogP contribution in [0.2, 0.25) is 19.6 Å². The Bertz CT molecular complexity index is 782. The monoisotopic (exact) mass is 377 g/mol. The van der Waals surface area contributed by atoms with E-state index in [0.29, 0.717) is 28.3 Å². The molecule has 1 aliphatic rings. The highest BCUT2D eigenvalue weighted by Crippen LogP contribution is 2.39. The number of nitrogens with one attached hydrogen (secondary N) is 1. The van der Waals surface area contributed by atoms with Crippen molar-refractivity contribution in [3.05, 3.63) is 40.4 Å². The summed E-state index contributed by atoms with van der Waals surface area (Å²) in [5.74, 6) is -1.08. The van der Waals surface area contributed by atoms with Gasteiger partial charge in [-0.3, -0.25) is 0 Å². The summed E-state index contributed by atoms with van der Waals surface area (Å²) in [6, 6.07) is 3.78. The Morgan fingerprint density at radius 1 is 1.12 bits per heavy atom. The van der Waals surface area contributed by atoms with Gasteiger partial charge in [0, 0.05) is 11.4 Å². The van der Waals surface area contributed by atoms with Crippen molar-refractivity contribution in [1.82, 2.24) is 5.32 Å². The van der Waals surface area contributed by atoms with Gasteiger partial charge >= 0.3 is 11.9 Å². The summed E-state index contributed by atoms with van der Waals surface area (Å²) < 4.78 is 16.3. The van der Waals surface area contributed by atoms with E-state index in [4.69, 9.17) is 13.9 Å². The molecule has 7 heteroatoms. The molecule has 1 atom stereocenters. The topological polar surface area (TPSA) is 77.8 Å². The third kappa shape index (κ3) is 3.77. The van der Waals surface area contributed by atoms with E-state index in [9.17, 15) is 9.59 Å². The first-order chi connectivity index (χ1) is 12.1. The highest BCUT2D eigenvalue weighted by Gasteiger charge is 2.40. The lowest BCUT2D eigenvalue weighted by Crippen LogP contribution is -2.36. The molecule has 0 amide bonds. The number of rotatable bonds is 5. The summed E-state index contributed by atoms with van der Waals surface area (Å²) in [7, 11) is -0.355. The fourth-order valence-corrected chi connectivity index (χ4v) is 4.06. The van der Waals surface area contributed by atoms with Gasteiger partial charge in [0.1, 0.15) is 13.8 Å². The number of carbonyl (C=O) groups is 2. The summed E-state index contributed by atoms with van der Waals surface area (Å²) in [6.45, 7) is 12.1. The number of furan rings is 1. The zero-order valence-electron chi connectivity index (χ0n) is 16.5. The molecule has 142 valence electrons. The maximum Gasteiger partial charge on any atom is 0.336 e. The number of carbonyl (C=O) groups excluding carboxylic acids is 2. The van der Waals surface area contributed by atoms with Crippen LogP contribution in [0, 0.1) is 0 Å². The van der Waals surface area contributed by atoms with E-state index in [1.807, 2.05) is 12.1 Å². The Morgan fingerprint density at radius 2 is 1.69 bits per heavy atom. The molecular formula is C19H27NO5Si. The number of hydrogen-bond donors (Lipinski definition) is 1. The lowest BCUT2D eigenvalue weighted by molar-refractivity contribution is -0.139. The fraction of sp³-hybridized carbons (Fsp3) is 0.474. The van der Waals surface area contributed by atoms with Gasteiger partial charge in [0.05, 0.1) is 36.2 Å². The molecule has 0 saturated heterocycles. The van der Waals surface area contributed by atoms with E-state index in [0.717, 1.165) is 5.38 Å². The predicted octanol–water partition coefficient (Wildman–Crippen LogP) is 2.80. The molecule has 0 bridgehead atoms. The normalized spacial score (nSPS) is 17.9. The second-order valence-electron chi connectivity index (χ2n) is 7.30. The Hall–Kier alpha value is -2.28. The summed E-state index contributed by atoms with van der Waals surface area (Å²) in [6.07, 6.45) is 0. The van der Waals surface area contributed by atoms with Gasteiger partial charge in [-0.15, -0.1) is 0 Å². The maximum atomic E-state index is 12.6. The van der Waals surface area contributed by atoms with Gasteiger partial charge in [-0.05, 0) is 32.9 Å². The second kappa shape index (κ2) is 7.53. The number of esters is 2. The molecule has 0 aliphatic carbocycles. The third-order valence-corrected chi connectivity index (χ3v) is 6.06. The van der Waals surface area contributed by atoms with Crippen LogP contribution >= 0.6 is 0 Å². The van der Waals surface area contributed by atoms with Gasteiger partial charge in [-0.25, -0.2) is 9.59 Å². The van der Waals surface area contributed by atoms with Crippen LogP contribution in [0.4, 0.5) is 0 Å². The van der Waals surface area contributed by atoms with Crippen molar-refractivity contribution in [1.29, 1.82) is 0 Å². The zero-order chi connectivity index (χ0) is 19.6. The Balaban J connectivity index is 2.64. The zero-order valence-corrected chi connectivity index (χ0v) is 17.5.